The molecule has 1 amide bonds. The number of hydrogen-bond donors (Lipinski definition) is 2. The Labute approximate surface area is 110 Å². The van der Waals surface area contributed by atoms with E-state index in [2.05, 4.69) is 10.3 Å². The molecule has 5 heteroatoms. The van der Waals surface area contributed by atoms with Gasteiger partial charge in [0.2, 0.25) is 5.91 Å². The van der Waals surface area contributed by atoms with Gasteiger partial charge in [0, 0.05) is 18.9 Å². The van der Waals surface area contributed by atoms with E-state index in [0.29, 0.717) is 12.3 Å². The first-order valence-corrected chi connectivity index (χ1v) is 6.01. The number of aromatic nitrogens is 1. The molecule has 19 heavy (non-hydrogen) atoms. The van der Waals surface area contributed by atoms with Gasteiger partial charge in [0.05, 0.1) is 13.0 Å². The van der Waals surface area contributed by atoms with Crippen molar-refractivity contribution in [2.45, 2.75) is 13.0 Å². The topological polar surface area (TPSA) is 54.1 Å². The van der Waals surface area contributed by atoms with Gasteiger partial charge < -0.3 is 15.0 Å². The highest BCUT2D eigenvalue weighted by molar-refractivity contribution is 5.75. The monoisotopic (exact) mass is 262 g/mol. The number of halogens is 1. The summed E-state index contributed by atoms with van der Waals surface area (Å²) in [5.41, 5.74) is 1.02. The summed E-state index contributed by atoms with van der Waals surface area (Å²) >= 11 is 0. The molecule has 0 radical (unpaired) electrons. The molecule has 0 aliphatic rings. The number of aromatic amines is 1. The molecular formula is C14H15FN2O2. The van der Waals surface area contributed by atoms with Gasteiger partial charge in [0.25, 0.3) is 0 Å². The highest BCUT2D eigenvalue weighted by Crippen LogP contribution is 2.11. The Balaban J connectivity index is 1.65. The second-order valence-corrected chi connectivity index (χ2v) is 4.05. The zero-order valence-electron chi connectivity index (χ0n) is 10.4. The van der Waals surface area contributed by atoms with Crippen LogP contribution in [0.3, 0.4) is 0 Å². The molecule has 0 spiro atoms. The van der Waals surface area contributed by atoms with Crippen molar-refractivity contribution in [2.24, 2.45) is 0 Å². The van der Waals surface area contributed by atoms with Crippen LogP contribution in [-0.4, -0.2) is 17.5 Å². The van der Waals surface area contributed by atoms with E-state index in [1.165, 1.54) is 24.3 Å². The van der Waals surface area contributed by atoms with Crippen LogP contribution in [0.5, 0.6) is 5.75 Å². The molecule has 100 valence electrons. The van der Waals surface area contributed by atoms with E-state index < -0.39 is 0 Å². The lowest BCUT2D eigenvalue weighted by molar-refractivity contribution is -0.121. The van der Waals surface area contributed by atoms with Crippen LogP contribution in [0, 0.1) is 5.82 Å². The van der Waals surface area contributed by atoms with Gasteiger partial charge in [-0.2, -0.15) is 0 Å². The molecule has 1 heterocycles. The molecule has 2 rings (SSSR count). The molecule has 0 unspecified atom stereocenters. The van der Waals surface area contributed by atoms with E-state index in [9.17, 15) is 9.18 Å². The lowest BCUT2D eigenvalue weighted by atomic mass is 10.3. The maximum atomic E-state index is 12.6. The van der Waals surface area contributed by atoms with Crippen molar-refractivity contribution in [3.05, 3.63) is 54.1 Å². The van der Waals surface area contributed by atoms with Gasteiger partial charge in [-0.3, -0.25) is 4.79 Å². The number of ether oxygens (including phenoxy) is 1. The summed E-state index contributed by atoms with van der Waals surface area (Å²) in [6.07, 6.45) is 3.90. The average molecular weight is 262 g/mol. The Morgan fingerprint density at radius 2 is 2.05 bits per heavy atom. The Morgan fingerprint density at radius 3 is 2.74 bits per heavy atom. The standard InChI is InChI=1S/C14H15FN2O2/c15-12-1-3-13(4-2-12)19-8-6-14(18)17-10-11-5-7-16-9-11/h1-5,7,9,16H,6,8,10H2,(H,17,18). The first-order valence-electron chi connectivity index (χ1n) is 6.01. The van der Waals surface area contributed by atoms with Crippen molar-refractivity contribution in [2.75, 3.05) is 6.61 Å². The van der Waals surface area contributed by atoms with E-state index in [-0.39, 0.29) is 24.8 Å². The molecule has 0 bridgehead atoms. The van der Waals surface area contributed by atoms with Crippen LogP contribution in [0.1, 0.15) is 12.0 Å². The van der Waals surface area contributed by atoms with E-state index >= 15 is 0 Å². The number of H-pyrrole nitrogens is 1. The van der Waals surface area contributed by atoms with Crippen molar-refractivity contribution in [3.63, 3.8) is 0 Å². The predicted molar refractivity (Wildman–Crippen MR) is 69.2 cm³/mol. The van der Waals surface area contributed by atoms with Gasteiger partial charge in [-0.1, -0.05) is 0 Å². The van der Waals surface area contributed by atoms with Crippen LogP contribution < -0.4 is 10.1 Å². The maximum absolute atomic E-state index is 12.6. The lowest BCUT2D eigenvalue weighted by Crippen LogP contribution is -2.24. The normalized spacial score (nSPS) is 10.2. The van der Waals surface area contributed by atoms with E-state index in [1.807, 2.05) is 12.3 Å². The fourth-order valence-corrected chi connectivity index (χ4v) is 1.55. The van der Waals surface area contributed by atoms with Crippen molar-refractivity contribution < 1.29 is 13.9 Å². The SMILES string of the molecule is O=C(CCOc1ccc(F)cc1)NCc1cc[nH]c1. The summed E-state index contributed by atoms with van der Waals surface area (Å²) in [7, 11) is 0. The van der Waals surface area contributed by atoms with Crippen LogP contribution in [0.4, 0.5) is 4.39 Å². The quantitative estimate of drug-likeness (QED) is 0.838. The van der Waals surface area contributed by atoms with Crippen LogP contribution in [0.15, 0.2) is 42.7 Å². The van der Waals surface area contributed by atoms with Crippen LogP contribution in [-0.2, 0) is 11.3 Å². The van der Waals surface area contributed by atoms with Gasteiger partial charge in [0.1, 0.15) is 11.6 Å². The van der Waals surface area contributed by atoms with Crippen LogP contribution >= 0.6 is 0 Å². The minimum atomic E-state index is -0.309. The number of nitrogens with one attached hydrogen (secondary N) is 2. The Hall–Kier alpha value is -2.30. The Bertz CT molecular complexity index is 509. The minimum absolute atomic E-state index is 0.0803. The third-order valence-electron chi connectivity index (χ3n) is 2.56. The third-order valence-corrected chi connectivity index (χ3v) is 2.56. The number of carbonyl (C=O) groups is 1. The molecule has 0 atom stereocenters. The van der Waals surface area contributed by atoms with Crippen molar-refractivity contribution >= 4 is 5.91 Å². The first kappa shape index (κ1) is 13.1. The van der Waals surface area contributed by atoms with E-state index in [4.69, 9.17) is 4.74 Å². The molecule has 0 saturated heterocycles. The number of amides is 1. The fourth-order valence-electron chi connectivity index (χ4n) is 1.55. The number of hydrogen-bond acceptors (Lipinski definition) is 2. The van der Waals surface area contributed by atoms with Gasteiger partial charge in [-0.15, -0.1) is 0 Å². The molecule has 0 saturated carbocycles. The Kier molecular flexibility index (Phi) is 4.55. The maximum Gasteiger partial charge on any atom is 0.223 e. The first-order chi connectivity index (χ1) is 9.24. The molecule has 2 N–H and O–H groups in total. The summed E-state index contributed by atoms with van der Waals surface area (Å²) in [5.74, 6) is 0.166. The summed E-state index contributed by atoms with van der Waals surface area (Å²) in [5, 5.41) is 2.78. The van der Waals surface area contributed by atoms with Crippen molar-refractivity contribution in [1.29, 1.82) is 0 Å². The van der Waals surface area contributed by atoms with Crippen LogP contribution in [0.2, 0.25) is 0 Å². The van der Waals surface area contributed by atoms with E-state index in [1.54, 1.807) is 6.20 Å². The highest BCUT2D eigenvalue weighted by Gasteiger charge is 2.02. The van der Waals surface area contributed by atoms with E-state index in [0.717, 1.165) is 5.56 Å². The molecule has 1 aromatic heterocycles. The predicted octanol–water partition coefficient (Wildman–Crippen LogP) is 2.24. The van der Waals surface area contributed by atoms with Crippen molar-refractivity contribution in [1.82, 2.24) is 10.3 Å². The molecule has 4 nitrogen and oxygen atoms in total. The summed E-state index contributed by atoms with van der Waals surface area (Å²) in [6, 6.07) is 7.61. The zero-order chi connectivity index (χ0) is 13.5. The highest BCUT2D eigenvalue weighted by atomic mass is 19.1. The zero-order valence-corrected chi connectivity index (χ0v) is 10.4. The fraction of sp³-hybridized carbons (Fsp3) is 0.214. The largest absolute Gasteiger partial charge is 0.493 e. The van der Waals surface area contributed by atoms with Gasteiger partial charge >= 0.3 is 0 Å². The summed E-state index contributed by atoms with van der Waals surface area (Å²) < 4.78 is 18.0. The van der Waals surface area contributed by atoms with Gasteiger partial charge in [-0.25, -0.2) is 4.39 Å². The molecular weight excluding hydrogens is 247 g/mol. The average Bonchev–Trinajstić information content (AvgIpc) is 2.92. The molecule has 1 aromatic carbocycles. The minimum Gasteiger partial charge on any atom is -0.493 e. The molecule has 2 aromatic rings. The number of rotatable bonds is 6. The van der Waals surface area contributed by atoms with Gasteiger partial charge in [-0.05, 0) is 35.9 Å². The smallest absolute Gasteiger partial charge is 0.223 e. The second kappa shape index (κ2) is 6.58. The summed E-state index contributed by atoms with van der Waals surface area (Å²) in [6.45, 7) is 0.767. The summed E-state index contributed by atoms with van der Waals surface area (Å²) in [4.78, 5) is 14.4. The number of carbonyl (C=O) groups excluding carboxylic acids is 1. The third kappa shape index (κ3) is 4.46. The molecule has 0 aliphatic heterocycles. The molecule has 0 fully saturated rings. The molecule has 0 aliphatic carbocycles. The second-order valence-electron chi connectivity index (χ2n) is 4.05. The van der Waals surface area contributed by atoms with Gasteiger partial charge in [0.15, 0.2) is 0 Å². The van der Waals surface area contributed by atoms with Crippen LogP contribution in [0.25, 0.3) is 0 Å². The van der Waals surface area contributed by atoms with Crippen molar-refractivity contribution in [3.8, 4) is 5.75 Å². The number of benzene rings is 1. The Morgan fingerprint density at radius 1 is 1.26 bits per heavy atom. The lowest BCUT2D eigenvalue weighted by Gasteiger charge is -2.06.